The van der Waals surface area contributed by atoms with Crippen molar-refractivity contribution in [2.75, 3.05) is 45.4 Å². The van der Waals surface area contributed by atoms with Crippen molar-refractivity contribution in [1.82, 2.24) is 9.21 Å². The minimum Gasteiger partial charge on any atom is -0.493 e. The Balaban J connectivity index is 0.00000484. The molecular weight excluding hydrogens is 632 g/mol. The molecule has 2 aromatic carbocycles. The van der Waals surface area contributed by atoms with Crippen LogP contribution in [0.25, 0.3) is 6.08 Å². The molecule has 0 atom stereocenters. The minimum atomic E-state index is -3.58. The van der Waals surface area contributed by atoms with E-state index in [4.69, 9.17) is 4.74 Å². The van der Waals surface area contributed by atoms with Gasteiger partial charge in [0.25, 0.3) is 0 Å². The Hall–Kier alpha value is -1.73. The van der Waals surface area contributed by atoms with Crippen molar-refractivity contribution >= 4 is 21.8 Å². The van der Waals surface area contributed by atoms with Crippen LogP contribution < -0.4 is 9.64 Å². The standard InChI is InChI=1S/C34H51N3O3S.Ru/c1-8-19-40-33-18-17-30(41(38,39)35(6)7)21-28(33)20-29-23-36(22-27-13-10-9-11-14-27)24-37(29)34-31(25(2)3)15-12-16-32(34)26(4)5;/h12,15-18,20-21,25-27H,8-11,13-14,19,22-24H2,1-7H3;. The maximum absolute atomic E-state index is 13.1. The van der Waals surface area contributed by atoms with Gasteiger partial charge in [-0.05, 0) is 72.4 Å². The van der Waals surface area contributed by atoms with Crippen LogP contribution in [0.15, 0.2) is 47.0 Å². The SMILES string of the molecule is CCCOc1ccc(S(=O)(=O)N(C)C)cc1C=C1CN(CC2CCCCC2)CN1c1c(C(C)C)cccc1C(C)C.[Ru]. The van der Waals surface area contributed by atoms with E-state index in [9.17, 15) is 8.42 Å². The summed E-state index contributed by atoms with van der Waals surface area (Å²) in [6.45, 7) is 14.5. The third-order valence-corrected chi connectivity index (χ3v) is 10.3. The number of sulfonamides is 1. The number of nitrogens with zero attached hydrogens (tertiary/aromatic N) is 3. The number of hydrogen-bond acceptors (Lipinski definition) is 5. The maximum Gasteiger partial charge on any atom is 0.242 e. The average molecular weight is 683 g/mol. The second-order valence-electron chi connectivity index (χ2n) is 12.7. The van der Waals surface area contributed by atoms with Gasteiger partial charge in [-0.2, -0.15) is 0 Å². The summed E-state index contributed by atoms with van der Waals surface area (Å²) >= 11 is 0. The maximum atomic E-state index is 13.1. The third-order valence-electron chi connectivity index (χ3n) is 8.47. The van der Waals surface area contributed by atoms with Crippen LogP contribution in [-0.2, 0) is 29.5 Å². The van der Waals surface area contributed by atoms with E-state index in [2.05, 4.69) is 68.7 Å². The van der Waals surface area contributed by atoms with Crippen molar-refractivity contribution in [1.29, 1.82) is 0 Å². The molecule has 0 radical (unpaired) electrons. The van der Waals surface area contributed by atoms with Crippen molar-refractivity contribution in [3.63, 3.8) is 0 Å². The smallest absolute Gasteiger partial charge is 0.242 e. The van der Waals surface area contributed by atoms with Crippen LogP contribution >= 0.6 is 0 Å². The molecule has 8 heteroatoms. The van der Waals surface area contributed by atoms with E-state index in [0.29, 0.717) is 18.4 Å². The van der Waals surface area contributed by atoms with Crippen LogP contribution in [0.2, 0.25) is 0 Å². The first kappa shape index (κ1) is 34.8. The molecule has 234 valence electrons. The summed E-state index contributed by atoms with van der Waals surface area (Å²) in [6.07, 6.45) is 9.73. The van der Waals surface area contributed by atoms with Gasteiger partial charge in [-0.15, -0.1) is 0 Å². The van der Waals surface area contributed by atoms with Crippen molar-refractivity contribution < 1.29 is 32.6 Å². The predicted octanol–water partition coefficient (Wildman–Crippen LogP) is 7.67. The molecule has 2 aliphatic rings. The fourth-order valence-corrected chi connectivity index (χ4v) is 7.14. The van der Waals surface area contributed by atoms with Crippen LogP contribution in [0, 0.1) is 5.92 Å². The number of anilines is 1. The number of benzene rings is 2. The van der Waals surface area contributed by atoms with E-state index in [0.717, 1.165) is 43.4 Å². The quantitative estimate of drug-likeness (QED) is 0.228. The molecule has 4 rings (SSSR count). The molecule has 0 spiro atoms. The molecule has 6 nitrogen and oxygen atoms in total. The summed E-state index contributed by atoms with van der Waals surface area (Å²) in [6, 6.07) is 12.0. The van der Waals surface area contributed by atoms with Gasteiger partial charge in [0.2, 0.25) is 10.0 Å². The summed E-state index contributed by atoms with van der Waals surface area (Å²) in [4.78, 5) is 5.38. The van der Waals surface area contributed by atoms with Gasteiger partial charge in [-0.1, -0.05) is 72.1 Å². The van der Waals surface area contributed by atoms with Crippen LogP contribution in [0.5, 0.6) is 5.75 Å². The van der Waals surface area contributed by atoms with Crippen molar-refractivity contribution in [3.05, 3.63) is 58.8 Å². The second kappa shape index (κ2) is 15.3. The van der Waals surface area contributed by atoms with E-state index in [1.807, 2.05) is 6.07 Å². The summed E-state index contributed by atoms with van der Waals surface area (Å²) in [5.74, 6) is 2.24. The molecule has 1 heterocycles. The van der Waals surface area contributed by atoms with Gasteiger partial charge < -0.3 is 9.64 Å². The van der Waals surface area contributed by atoms with Crippen LogP contribution in [-0.4, -0.2) is 58.1 Å². The molecule has 0 unspecified atom stereocenters. The van der Waals surface area contributed by atoms with E-state index >= 15 is 0 Å². The van der Waals surface area contributed by atoms with Crippen LogP contribution in [0.1, 0.15) is 102 Å². The molecule has 1 aliphatic carbocycles. The Morgan fingerprint density at radius 2 is 1.64 bits per heavy atom. The number of rotatable bonds is 11. The molecule has 1 saturated heterocycles. The summed E-state index contributed by atoms with van der Waals surface area (Å²) in [7, 11) is -0.424. The van der Waals surface area contributed by atoms with Gasteiger partial charge in [0, 0.05) is 63.6 Å². The largest absolute Gasteiger partial charge is 0.493 e. The van der Waals surface area contributed by atoms with E-state index < -0.39 is 10.0 Å². The molecule has 42 heavy (non-hydrogen) atoms. The number of hydrogen-bond donors (Lipinski definition) is 0. The zero-order valence-corrected chi connectivity index (χ0v) is 29.2. The Bertz CT molecular complexity index is 1290. The first-order chi connectivity index (χ1) is 19.5. The normalized spacial score (nSPS) is 18.0. The average Bonchev–Trinajstić information content (AvgIpc) is 3.33. The Kier molecular flexibility index (Phi) is 12.7. The van der Waals surface area contributed by atoms with E-state index in [1.165, 1.54) is 58.9 Å². The molecule has 0 amide bonds. The molecule has 0 bridgehead atoms. The fourth-order valence-electron chi connectivity index (χ4n) is 6.21. The van der Waals surface area contributed by atoms with Gasteiger partial charge in [0.05, 0.1) is 18.2 Å². The molecule has 2 fully saturated rings. The van der Waals surface area contributed by atoms with Gasteiger partial charge in [-0.25, -0.2) is 12.7 Å². The van der Waals surface area contributed by atoms with Gasteiger partial charge in [-0.3, -0.25) is 4.90 Å². The number of ether oxygens (including phenoxy) is 1. The van der Waals surface area contributed by atoms with Gasteiger partial charge in [0.15, 0.2) is 0 Å². The van der Waals surface area contributed by atoms with Crippen LogP contribution in [0.3, 0.4) is 0 Å². The summed E-state index contributed by atoms with van der Waals surface area (Å²) in [5.41, 5.74) is 6.02. The fraction of sp³-hybridized carbons (Fsp3) is 0.588. The Labute approximate surface area is 268 Å². The molecule has 2 aromatic rings. The zero-order chi connectivity index (χ0) is 29.7. The first-order valence-electron chi connectivity index (χ1n) is 15.6. The van der Waals surface area contributed by atoms with Crippen LogP contribution in [0.4, 0.5) is 5.69 Å². The predicted molar refractivity (Wildman–Crippen MR) is 171 cm³/mol. The van der Waals surface area contributed by atoms with Crippen molar-refractivity contribution in [2.24, 2.45) is 5.92 Å². The van der Waals surface area contributed by atoms with E-state index in [1.54, 1.807) is 26.2 Å². The van der Waals surface area contributed by atoms with Gasteiger partial charge >= 0.3 is 0 Å². The van der Waals surface area contributed by atoms with Crippen molar-refractivity contribution in [2.45, 2.75) is 89.9 Å². The molecule has 0 N–H and O–H groups in total. The molecular formula is C34H51N3O3RuS. The van der Waals surface area contributed by atoms with E-state index in [-0.39, 0.29) is 24.4 Å². The summed E-state index contributed by atoms with van der Waals surface area (Å²) in [5, 5.41) is 0. The van der Waals surface area contributed by atoms with Crippen molar-refractivity contribution in [3.8, 4) is 5.75 Å². The first-order valence-corrected chi connectivity index (χ1v) is 17.0. The third kappa shape index (κ3) is 8.05. The second-order valence-corrected chi connectivity index (χ2v) is 14.8. The molecule has 1 aliphatic heterocycles. The summed E-state index contributed by atoms with van der Waals surface area (Å²) < 4.78 is 33.6. The topological polar surface area (TPSA) is 53.1 Å². The Morgan fingerprint density at radius 3 is 2.21 bits per heavy atom. The number of para-hydroxylation sites is 1. The minimum absolute atomic E-state index is 0. The van der Waals surface area contributed by atoms with Gasteiger partial charge in [0.1, 0.15) is 5.75 Å². The monoisotopic (exact) mass is 683 g/mol. The molecule has 0 aromatic heterocycles. The Morgan fingerprint density at radius 1 is 1.00 bits per heavy atom. The molecule has 1 saturated carbocycles. The zero-order valence-electron chi connectivity index (χ0n) is 26.7.